The Balaban J connectivity index is 1.73. The monoisotopic (exact) mass is 409 g/mol. The zero-order valence-electron chi connectivity index (χ0n) is 17.0. The third kappa shape index (κ3) is 3.31. The number of thiophene rings is 1. The smallest absolute Gasteiger partial charge is 0.255 e. The van der Waals surface area contributed by atoms with Crippen molar-refractivity contribution in [1.29, 1.82) is 0 Å². The number of fused-ring (bicyclic) bond motifs is 1. The molecule has 4 rings (SSSR count). The highest BCUT2D eigenvalue weighted by Crippen LogP contribution is 2.31. The Bertz CT molecular complexity index is 1170. The maximum absolute atomic E-state index is 13.4. The Labute approximate surface area is 172 Å². The summed E-state index contributed by atoms with van der Waals surface area (Å²) in [6.45, 7) is 8.11. The van der Waals surface area contributed by atoms with Crippen LogP contribution in [0.1, 0.15) is 46.5 Å². The number of para-hydroxylation sites is 2. The number of hydrogen-bond acceptors (Lipinski definition) is 6. The van der Waals surface area contributed by atoms with E-state index in [2.05, 4.69) is 34.7 Å². The molecule has 1 aromatic carbocycles. The molecule has 29 heavy (non-hydrogen) atoms. The largest absolute Gasteiger partial charge is 0.342 e. The van der Waals surface area contributed by atoms with Crippen LogP contribution in [-0.4, -0.2) is 35.7 Å². The Morgan fingerprint density at radius 3 is 2.62 bits per heavy atom. The van der Waals surface area contributed by atoms with Crippen molar-refractivity contribution in [3.05, 3.63) is 52.4 Å². The number of imidazole rings is 1. The Kier molecular flexibility index (Phi) is 4.91. The summed E-state index contributed by atoms with van der Waals surface area (Å²) in [5, 5.41) is 15.3. The molecule has 1 atom stereocenters. The number of aryl methyl sites for hydroxylation is 2. The molecular formula is C20H23N7OS. The summed E-state index contributed by atoms with van der Waals surface area (Å²) in [7, 11) is 1.98. The number of nitrogens with one attached hydrogen (secondary N) is 1. The molecule has 0 saturated heterocycles. The van der Waals surface area contributed by atoms with Crippen LogP contribution in [0.5, 0.6) is 0 Å². The fourth-order valence-electron chi connectivity index (χ4n) is 3.48. The van der Waals surface area contributed by atoms with Gasteiger partial charge in [0.2, 0.25) is 0 Å². The molecule has 0 spiro atoms. The molecule has 1 N–H and O–H groups in total. The van der Waals surface area contributed by atoms with E-state index in [0.717, 1.165) is 32.3 Å². The van der Waals surface area contributed by atoms with E-state index < -0.39 is 0 Å². The molecule has 150 valence electrons. The normalized spacial score (nSPS) is 12.6. The van der Waals surface area contributed by atoms with Crippen LogP contribution in [-0.2, 0) is 7.05 Å². The summed E-state index contributed by atoms with van der Waals surface area (Å²) in [6.07, 6.45) is 1.51. The van der Waals surface area contributed by atoms with Crippen LogP contribution in [0.4, 0.5) is 0 Å². The fourth-order valence-corrected chi connectivity index (χ4v) is 4.55. The summed E-state index contributed by atoms with van der Waals surface area (Å²) in [5.41, 5.74) is 3.50. The Hall–Kier alpha value is -3.07. The van der Waals surface area contributed by atoms with E-state index in [9.17, 15) is 4.79 Å². The lowest BCUT2D eigenvalue weighted by Crippen LogP contribution is -2.34. The van der Waals surface area contributed by atoms with Crippen molar-refractivity contribution in [1.82, 2.24) is 35.1 Å². The first kappa shape index (κ1) is 19.3. The van der Waals surface area contributed by atoms with Gasteiger partial charge >= 0.3 is 0 Å². The highest BCUT2D eigenvalue weighted by Gasteiger charge is 2.28. The van der Waals surface area contributed by atoms with Crippen molar-refractivity contribution in [2.45, 2.75) is 33.7 Å². The van der Waals surface area contributed by atoms with E-state index in [4.69, 9.17) is 4.98 Å². The molecule has 3 aromatic heterocycles. The van der Waals surface area contributed by atoms with Crippen molar-refractivity contribution in [3.8, 4) is 5.00 Å². The van der Waals surface area contributed by atoms with Gasteiger partial charge in [0.1, 0.15) is 17.2 Å². The molecule has 1 amide bonds. The minimum absolute atomic E-state index is 0.150. The number of rotatable bonds is 5. The van der Waals surface area contributed by atoms with E-state index in [1.807, 2.05) is 49.7 Å². The lowest BCUT2D eigenvalue weighted by Gasteiger charge is -2.22. The van der Waals surface area contributed by atoms with E-state index in [0.29, 0.717) is 5.56 Å². The number of tetrazole rings is 1. The van der Waals surface area contributed by atoms with Crippen LogP contribution in [0, 0.1) is 19.8 Å². The molecular weight excluding hydrogens is 386 g/mol. The molecule has 0 aliphatic rings. The van der Waals surface area contributed by atoms with Gasteiger partial charge in [-0.2, -0.15) is 4.68 Å². The summed E-state index contributed by atoms with van der Waals surface area (Å²) < 4.78 is 3.59. The van der Waals surface area contributed by atoms with Crippen molar-refractivity contribution in [3.63, 3.8) is 0 Å². The first-order valence-electron chi connectivity index (χ1n) is 9.44. The number of carbonyl (C=O) groups is 1. The second-order valence-corrected chi connectivity index (χ2v) is 8.63. The highest BCUT2D eigenvalue weighted by atomic mass is 32.1. The molecule has 0 unspecified atom stereocenters. The number of carbonyl (C=O) groups excluding carboxylic acids is 1. The van der Waals surface area contributed by atoms with E-state index >= 15 is 0 Å². The zero-order chi connectivity index (χ0) is 20.7. The van der Waals surface area contributed by atoms with Gasteiger partial charge in [-0.05, 0) is 47.9 Å². The van der Waals surface area contributed by atoms with Gasteiger partial charge in [-0.15, -0.1) is 16.4 Å². The average Bonchev–Trinajstić information content (AvgIpc) is 3.40. The van der Waals surface area contributed by atoms with Gasteiger partial charge < -0.3 is 9.88 Å². The maximum atomic E-state index is 13.4. The molecule has 9 heteroatoms. The molecule has 4 aromatic rings. The van der Waals surface area contributed by atoms with E-state index in [-0.39, 0.29) is 17.9 Å². The minimum Gasteiger partial charge on any atom is -0.342 e. The van der Waals surface area contributed by atoms with Crippen LogP contribution in [0.2, 0.25) is 0 Å². The van der Waals surface area contributed by atoms with Gasteiger partial charge in [0.15, 0.2) is 0 Å². The van der Waals surface area contributed by atoms with Gasteiger partial charge in [0.05, 0.1) is 22.6 Å². The zero-order valence-corrected chi connectivity index (χ0v) is 17.9. The Morgan fingerprint density at radius 2 is 1.97 bits per heavy atom. The van der Waals surface area contributed by atoms with Gasteiger partial charge in [0.25, 0.3) is 5.91 Å². The summed E-state index contributed by atoms with van der Waals surface area (Å²) in [5.74, 6) is 0.845. The Morgan fingerprint density at radius 1 is 1.21 bits per heavy atom. The third-order valence-corrected chi connectivity index (χ3v) is 6.40. The van der Waals surface area contributed by atoms with Crippen LogP contribution >= 0.6 is 11.3 Å². The minimum atomic E-state index is -0.235. The van der Waals surface area contributed by atoms with Crippen molar-refractivity contribution < 1.29 is 4.79 Å². The van der Waals surface area contributed by atoms with Crippen LogP contribution in [0.25, 0.3) is 16.0 Å². The molecule has 0 bridgehead atoms. The van der Waals surface area contributed by atoms with Crippen molar-refractivity contribution in [2.24, 2.45) is 13.0 Å². The van der Waals surface area contributed by atoms with Crippen LogP contribution in [0.3, 0.4) is 0 Å². The number of aromatic nitrogens is 6. The van der Waals surface area contributed by atoms with Crippen LogP contribution in [0.15, 0.2) is 30.6 Å². The lowest BCUT2D eigenvalue weighted by atomic mass is 10.0. The van der Waals surface area contributed by atoms with Crippen molar-refractivity contribution in [2.75, 3.05) is 0 Å². The molecule has 0 fully saturated rings. The molecule has 3 heterocycles. The standard InChI is InChI=1S/C20H23N7OS/c1-11(2)17(18-22-14-8-6-7-9-15(14)26(18)5)23-19(28)16-12(3)13(4)29-20(16)27-10-21-24-25-27/h6-11,17H,1-5H3,(H,23,28)/t17-/m0/s1. The maximum Gasteiger partial charge on any atom is 0.255 e. The van der Waals surface area contributed by atoms with E-state index in [1.54, 1.807) is 4.68 Å². The highest BCUT2D eigenvalue weighted by molar-refractivity contribution is 7.15. The molecule has 0 saturated carbocycles. The number of hydrogen-bond donors (Lipinski definition) is 1. The lowest BCUT2D eigenvalue weighted by molar-refractivity contribution is 0.0922. The summed E-state index contributed by atoms with van der Waals surface area (Å²) >= 11 is 1.50. The van der Waals surface area contributed by atoms with Crippen LogP contribution < -0.4 is 5.32 Å². The quantitative estimate of drug-likeness (QED) is 0.546. The number of nitrogens with zero attached hydrogens (tertiary/aromatic N) is 6. The predicted octanol–water partition coefficient (Wildman–Crippen LogP) is 3.35. The first-order valence-corrected chi connectivity index (χ1v) is 10.3. The first-order chi connectivity index (χ1) is 13.9. The topological polar surface area (TPSA) is 90.5 Å². The molecule has 0 radical (unpaired) electrons. The van der Waals surface area contributed by atoms with Gasteiger partial charge in [0, 0.05) is 11.9 Å². The number of benzene rings is 1. The fraction of sp³-hybridized carbons (Fsp3) is 0.350. The molecule has 8 nitrogen and oxygen atoms in total. The van der Waals surface area contributed by atoms with Gasteiger partial charge in [-0.1, -0.05) is 26.0 Å². The predicted molar refractivity (Wildman–Crippen MR) is 112 cm³/mol. The molecule has 0 aliphatic heterocycles. The third-order valence-electron chi connectivity index (χ3n) is 5.20. The molecule has 0 aliphatic carbocycles. The van der Waals surface area contributed by atoms with Crippen molar-refractivity contribution >= 4 is 28.3 Å². The van der Waals surface area contributed by atoms with E-state index in [1.165, 1.54) is 17.7 Å². The summed E-state index contributed by atoms with van der Waals surface area (Å²) in [4.78, 5) is 19.2. The second-order valence-electron chi connectivity index (χ2n) is 7.43. The van der Waals surface area contributed by atoms with Gasteiger partial charge in [-0.3, -0.25) is 4.79 Å². The average molecular weight is 410 g/mol. The summed E-state index contributed by atoms with van der Waals surface area (Å²) in [6, 6.07) is 7.75. The SMILES string of the molecule is Cc1sc(-n2cnnn2)c(C(=O)N[C@H](c2nc3ccccc3n2C)C(C)C)c1C. The second kappa shape index (κ2) is 7.40. The van der Waals surface area contributed by atoms with Gasteiger partial charge in [-0.25, -0.2) is 4.98 Å². The number of amides is 1.